The van der Waals surface area contributed by atoms with Gasteiger partial charge in [0.15, 0.2) is 0 Å². The second-order valence-electron chi connectivity index (χ2n) is 6.30. The molecule has 2 N–H and O–H groups in total. The predicted molar refractivity (Wildman–Crippen MR) is 103 cm³/mol. The first-order valence-corrected chi connectivity index (χ1v) is 8.41. The van der Waals surface area contributed by atoms with Crippen LogP contribution in [0.1, 0.15) is 30.9 Å². The smallest absolute Gasteiger partial charge is 0.224 e. The Morgan fingerprint density at radius 3 is 2.52 bits per heavy atom. The van der Waals surface area contributed by atoms with E-state index in [9.17, 15) is 0 Å². The van der Waals surface area contributed by atoms with Crippen LogP contribution >= 0.6 is 0 Å². The zero-order valence-electron chi connectivity index (χ0n) is 15.0. The molecule has 3 aromatic rings. The van der Waals surface area contributed by atoms with Crippen LogP contribution in [0.3, 0.4) is 0 Å². The van der Waals surface area contributed by atoms with Crippen molar-refractivity contribution in [3.8, 4) is 11.3 Å². The van der Waals surface area contributed by atoms with Crippen molar-refractivity contribution in [1.29, 1.82) is 0 Å². The van der Waals surface area contributed by atoms with Gasteiger partial charge in [-0.3, -0.25) is 4.98 Å². The molecule has 0 atom stereocenters. The minimum Gasteiger partial charge on any atom is -0.357 e. The third-order valence-electron chi connectivity index (χ3n) is 4.07. The Bertz CT molecular complexity index is 859. The second-order valence-corrected chi connectivity index (χ2v) is 6.30. The molecule has 0 unspecified atom stereocenters. The molecule has 0 amide bonds. The van der Waals surface area contributed by atoms with Gasteiger partial charge in [0.05, 0.1) is 5.69 Å². The first kappa shape index (κ1) is 16.9. The highest BCUT2D eigenvalue weighted by Gasteiger charge is 2.08. The number of aryl methyl sites for hydroxylation is 1. The van der Waals surface area contributed by atoms with Crippen molar-refractivity contribution in [2.24, 2.45) is 0 Å². The van der Waals surface area contributed by atoms with Crippen LogP contribution in [0, 0.1) is 6.92 Å². The molecule has 5 heteroatoms. The van der Waals surface area contributed by atoms with Crippen molar-refractivity contribution in [2.45, 2.75) is 26.7 Å². The van der Waals surface area contributed by atoms with Gasteiger partial charge < -0.3 is 10.6 Å². The SMILES string of the molecule is CNc1nc(Nc2ccc(C(C)C)c(C)c2)cc(-c2cccnc2)n1. The molecule has 25 heavy (non-hydrogen) atoms. The Morgan fingerprint density at radius 2 is 1.88 bits per heavy atom. The molecule has 3 rings (SSSR count). The minimum absolute atomic E-state index is 0.515. The summed E-state index contributed by atoms with van der Waals surface area (Å²) in [7, 11) is 1.81. The number of pyridine rings is 1. The standard InChI is InChI=1S/C20H23N5/c1-13(2)17-8-7-16(10-14(17)3)23-19-11-18(24-20(21-4)25-19)15-6-5-9-22-12-15/h5-13H,1-4H3,(H2,21,23,24,25). The normalized spacial score (nSPS) is 10.8. The molecule has 0 spiro atoms. The molecule has 2 heterocycles. The highest BCUT2D eigenvalue weighted by molar-refractivity contribution is 5.67. The largest absolute Gasteiger partial charge is 0.357 e. The predicted octanol–water partition coefficient (Wildman–Crippen LogP) is 4.76. The minimum atomic E-state index is 0.515. The lowest BCUT2D eigenvalue weighted by Gasteiger charge is -2.13. The van der Waals surface area contributed by atoms with E-state index in [1.165, 1.54) is 11.1 Å². The molecular weight excluding hydrogens is 310 g/mol. The fraction of sp³-hybridized carbons (Fsp3) is 0.250. The van der Waals surface area contributed by atoms with Crippen molar-refractivity contribution in [3.63, 3.8) is 0 Å². The Hall–Kier alpha value is -2.95. The third kappa shape index (κ3) is 3.94. The monoisotopic (exact) mass is 333 g/mol. The van der Waals surface area contributed by atoms with Gasteiger partial charge in [-0.05, 0) is 48.2 Å². The molecule has 0 aliphatic carbocycles. The van der Waals surface area contributed by atoms with Gasteiger partial charge in [-0.2, -0.15) is 4.98 Å². The fourth-order valence-corrected chi connectivity index (χ4v) is 2.83. The van der Waals surface area contributed by atoms with Crippen LogP contribution in [0.5, 0.6) is 0 Å². The van der Waals surface area contributed by atoms with Crippen molar-refractivity contribution in [1.82, 2.24) is 15.0 Å². The summed E-state index contributed by atoms with van der Waals surface area (Å²) in [6.07, 6.45) is 3.55. The van der Waals surface area contributed by atoms with Crippen LogP contribution in [0.25, 0.3) is 11.3 Å². The molecule has 0 bridgehead atoms. The molecule has 2 aromatic heterocycles. The van der Waals surface area contributed by atoms with Crippen molar-refractivity contribution in [3.05, 3.63) is 59.9 Å². The summed E-state index contributed by atoms with van der Waals surface area (Å²) in [5.41, 5.74) is 5.43. The molecule has 128 valence electrons. The highest BCUT2D eigenvalue weighted by atomic mass is 15.1. The topological polar surface area (TPSA) is 62.7 Å². The van der Waals surface area contributed by atoms with E-state index in [0.29, 0.717) is 11.9 Å². The van der Waals surface area contributed by atoms with Crippen LogP contribution in [0.15, 0.2) is 48.8 Å². The summed E-state index contributed by atoms with van der Waals surface area (Å²) < 4.78 is 0. The number of benzene rings is 1. The van der Waals surface area contributed by atoms with Gasteiger partial charge in [0.2, 0.25) is 5.95 Å². The van der Waals surface area contributed by atoms with E-state index in [-0.39, 0.29) is 0 Å². The zero-order valence-corrected chi connectivity index (χ0v) is 15.0. The maximum Gasteiger partial charge on any atom is 0.224 e. The first-order valence-electron chi connectivity index (χ1n) is 8.41. The summed E-state index contributed by atoms with van der Waals surface area (Å²) in [4.78, 5) is 13.2. The number of aromatic nitrogens is 3. The molecule has 0 aliphatic heterocycles. The van der Waals surface area contributed by atoms with Gasteiger partial charge in [-0.15, -0.1) is 0 Å². The summed E-state index contributed by atoms with van der Waals surface area (Å²) in [5.74, 6) is 1.83. The highest BCUT2D eigenvalue weighted by Crippen LogP contribution is 2.26. The van der Waals surface area contributed by atoms with E-state index in [0.717, 1.165) is 22.8 Å². The van der Waals surface area contributed by atoms with E-state index in [2.05, 4.69) is 64.6 Å². The van der Waals surface area contributed by atoms with Crippen molar-refractivity contribution >= 4 is 17.5 Å². The quantitative estimate of drug-likeness (QED) is 0.705. The number of nitrogens with one attached hydrogen (secondary N) is 2. The van der Waals surface area contributed by atoms with E-state index in [1.54, 1.807) is 12.4 Å². The second kappa shape index (κ2) is 7.30. The molecule has 0 saturated carbocycles. The van der Waals surface area contributed by atoms with Crippen LogP contribution in [0.2, 0.25) is 0 Å². The van der Waals surface area contributed by atoms with Crippen LogP contribution in [-0.4, -0.2) is 22.0 Å². The first-order chi connectivity index (χ1) is 12.1. The maximum atomic E-state index is 4.52. The number of hydrogen-bond acceptors (Lipinski definition) is 5. The molecular formula is C20H23N5. The lowest BCUT2D eigenvalue weighted by Crippen LogP contribution is -2.02. The van der Waals surface area contributed by atoms with Crippen LogP contribution in [-0.2, 0) is 0 Å². The molecule has 0 saturated heterocycles. The van der Waals surface area contributed by atoms with Gasteiger partial charge in [-0.25, -0.2) is 4.98 Å². The zero-order chi connectivity index (χ0) is 17.8. The Balaban J connectivity index is 1.93. The summed E-state index contributed by atoms with van der Waals surface area (Å²) in [6, 6.07) is 12.2. The van der Waals surface area contributed by atoms with Gasteiger partial charge >= 0.3 is 0 Å². The van der Waals surface area contributed by atoms with Gasteiger partial charge in [0.25, 0.3) is 0 Å². The maximum absolute atomic E-state index is 4.52. The van der Waals surface area contributed by atoms with Crippen LogP contribution < -0.4 is 10.6 Å². The Labute approximate surface area is 148 Å². The van der Waals surface area contributed by atoms with Crippen molar-refractivity contribution in [2.75, 3.05) is 17.7 Å². The van der Waals surface area contributed by atoms with Crippen molar-refractivity contribution < 1.29 is 0 Å². The molecule has 0 radical (unpaired) electrons. The summed E-state index contributed by atoms with van der Waals surface area (Å²) in [6.45, 7) is 6.55. The van der Waals surface area contributed by atoms with Gasteiger partial charge in [0.1, 0.15) is 5.82 Å². The summed E-state index contributed by atoms with van der Waals surface area (Å²) in [5, 5.41) is 6.40. The molecule has 1 aromatic carbocycles. The van der Waals surface area contributed by atoms with E-state index < -0.39 is 0 Å². The Morgan fingerprint density at radius 1 is 1.04 bits per heavy atom. The van der Waals surface area contributed by atoms with E-state index in [4.69, 9.17) is 0 Å². The summed E-state index contributed by atoms with van der Waals surface area (Å²) >= 11 is 0. The molecule has 5 nitrogen and oxygen atoms in total. The third-order valence-corrected chi connectivity index (χ3v) is 4.07. The Kier molecular flexibility index (Phi) is 4.93. The van der Waals surface area contributed by atoms with Gasteiger partial charge in [0, 0.05) is 36.8 Å². The number of hydrogen-bond donors (Lipinski definition) is 2. The van der Waals surface area contributed by atoms with Crippen LogP contribution in [0.4, 0.5) is 17.5 Å². The van der Waals surface area contributed by atoms with Gasteiger partial charge in [-0.1, -0.05) is 19.9 Å². The lowest BCUT2D eigenvalue weighted by molar-refractivity contribution is 0.857. The lowest BCUT2D eigenvalue weighted by atomic mass is 9.98. The average Bonchev–Trinajstić information content (AvgIpc) is 2.62. The number of anilines is 3. The fourth-order valence-electron chi connectivity index (χ4n) is 2.83. The van der Waals surface area contributed by atoms with E-state index in [1.807, 2.05) is 25.2 Å². The molecule has 0 aliphatic rings. The number of nitrogens with zero attached hydrogens (tertiary/aromatic N) is 3. The average molecular weight is 333 g/mol. The number of rotatable bonds is 5. The van der Waals surface area contributed by atoms with E-state index >= 15 is 0 Å². The molecule has 0 fully saturated rings.